The molecule has 0 aliphatic rings. The highest BCUT2D eigenvalue weighted by atomic mass is 32.1. The first-order valence-electron chi connectivity index (χ1n) is 5.11. The molecule has 0 radical (unpaired) electrons. The van der Waals surface area contributed by atoms with E-state index in [0.717, 1.165) is 0 Å². The normalized spacial score (nSPS) is 12.4. The number of hydrogen-bond acceptors (Lipinski definition) is 3. The number of hydrogen-bond donors (Lipinski definition) is 2. The number of thiocarbonyl (C=S) groups is 1. The molecule has 0 aliphatic heterocycles. The Morgan fingerprint density at radius 1 is 1.62 bits per heavy atom. The fraction of sp³-hybridized carbons (Fsp3) is 0.455. The molecule has 0 spiro atoms. The van der Waals surface area contributed by atoms with Gasteiger partial charge < -0.3 is 15.5 Å². The van der Waals surface area contributed by atoms with Crippen molar-refractivity contribution in [2.45, 2.75) is 20.4 Å². The molecule has 88 valence electrons. The molecule has 3 N–H and O–H groups in total. The van der Waals surface area contributed by atoms with Crippen LogP contribution in [-0.4, -0.2) is 10.9 Å². The molecule has 0 fully saturated rings. The van der Waals surface area contributed by atoms with Crippen molar-refractivity contribution in [3.63, 3.8) is 0 Å². The Balaban J connectivity index is 2.53. The fourth-order valence-electron chi connectivity index (χ4n) is 1.46. The van der Waals surface area contributed by atoms with Gasteiger partial charge in [0.15, 0.2) is 0 Å². The molecule has 0 aliphatic carbocycles. The van der Waals surface area contributed by atoms with Gasteiger partial charge >= 0.3 is 0 Å². The monoisotopic (exact) mass is 240 g/mol. The van der Waals surface area contributed by atoms with Crippen LogP contribution in [0.25, 0.3) is 0 Å². The van der Waals surface area contributed by atoms with E-state index < -0.39 is 5.92 Å². The molecule has 0 saturated carbocycles. The van der Waals surface area contributed by atoms with Gasteiger partial charge in [0.2, 0.25) is 5.91 Å². The molecule has 4 nitrogen and oxygen atoms in total. The summed E-state index contributed by atoms with van der Waals surface area (Å²) in [4.78, 5) is 12.0. The molecular weight excluding hydrogens is 224 g/mol. The molecule has 1 aromatic heterocycles. The average molecular weight is 240 g/mol. The van der Waals surface area contributed by atoms with Gasteiger partial charge in [-0.15, -0.1) is 0 Å². The van der Waals surface area contributed by atoms with Gasteiger partial charge in [0.05, 0.1) is 23.7 Å². The maximum absolute atomic E-state index is 11.8. The first kappa shape index (κ1) is 12.7. The lowest BCUT2D eigenvalue weighted by Crippen LogP contribution is -2.40. The van der Waals surface area contributed by atoms with Crippen LogP contribution in [0.1, 0.15) is 19.6 Å². The number of rotatable bonds is 5. The standard InChI is InChI=1S/C11H16N2O2S/c1-7(2)9(10(12)16)11(14)13-6-8-4-3-5-15-8/h3-5,7,9H,6H2,1-2H3,(H2,12,16)(H,13,14). The lowest BCUT2D eigenvalue weighted by Gasteiger charge is -2.18. The zero-order valence-corrected chi connectivity index (χ0v) is 10.2. The molecule has 16 heavy (non-hydrogen) atoms. The highest BCUT2D eigenvalue weighted by Gasteiger charge is 2.24. The third-order valence-electron chi connectivity index (χ3n) is 2.27. The van der Waals surface area contributed by atoms with E-state index in [1.807, 2.05) is 13.8 Å². The van der Waals surface area contributed by atoms with E-state index in [2.05, 4.69) is 5.32 Å². The van der Waals surface area contributed by atoms with E-state index >= 15 is 0 Å². The highest BCUT2D eigenvalue weighted by Crippen LogP contribution is 2.11. The Bertz CT molecular complexity index is 360. The summed E-state index contributed by atoms with van der Waals surface area (Å²) in [6, 6.07) is 3.57. The number of carbonyl (C=O) groups excluding carboxylic acids is 1. The molecule has 1 rings (SSSR count). The van der Waals surface area contributed by atoms with Crippen molar-refractivity contribution in [2.75, 3.05) is 0 Å². The third-order valence-corrected chi connectivity index (χ3v) is 2.53. The number of nitrogens with two attached hydrogens (primary N) is 1. The highest BCUT2D eigenvalue weighted by molar-refractivity contribution is 7.80. The molecular formula is C11H16N2O2S. The number of carbonyl (C=O) groups is 1. The number of nitrogens with one attached hydrogen (secondary N) is 1. The maximum Gasteiger partial charge on any atom is 0.230 e. The first-order chi connectivity index (χ1) is 7.52. The van der Waals surface area contributed by atoms with Gasteiger partial charge in [-0.2, -0.15) is 0 Å². The molecule has 5 heteroatoms. The van der Waals surface area contributed by atoms with Crippen LogP contribution in [-0.2, 0) is 11.3 Å². The van der Waals surface area contributed by atoms with Crippen molar-refractivity contribution < 1.29 is 9.21 Å². The van der Waals surface area contributed by atoms with Crippen LogP contribution in [0.2, 0.25) is 0 Å². The molecule has 0 aromatic carbocycles. The Morgan fingerprint density at radius 3 is 2.75 bits per heavy atom. The van der Waals surface area contributed by atoms with Crippen molar-refractivity contribution in [1.29, 1.82) is 0 Å². The quantitative estimate of drug-likeness (QED) is 0.764. The Labute approximate surface area is 100 Å². The van der Waals surface area contributed by atoms with Gasteiger partial charge in [0.1, 0.15) is 5.76 Å². The number of furan rings is 1. The van der Waals surface area contributed by atoms with E-state index in [1.165, 1.54) is 0 Å². The number of amides is 1. The van der Waals surface area contributed by atoms with E-state index in [1.54, 1.807) is 18.4 Å². The van der Waals surface area contributed by atoms with Gasteiger partial charge in [0.25, 0.3) is 0 Å². The van der Waals surface area contributed by atoms with Gasteiger partial charge in [-0.1, -0.05) is 26.1 Å². The van der Waals surface area contributed by atoms with Crippen molar-refractivity contribution in [1.82, 2.24) is 5.32 Å². The Kier molecular flexibility index (Phi) is 4.49. The topological polar surface area (TPSA) is 68.3 Å². The third kappa shape index (κ3) is 3.34. The first-order valence-corrected chi connectivity index (χ1v) is 5.52. The second-order valence-corrected chi connectivity index (χ2v) is 4.39. The zero-order valence-electron chi connectivity index (χ0n) is 9.40. The van der Waals surface area contributed by atoms with Crippen molar-refractivity contribution in [3.8, 4) is 0 Å². The summed E-state index contributed by atoms with van der Waals surface area (Å²) >= 11 is 4.88. The summed E-state index contributed by atoms with van der Waals surface area (Å²) in [5, 5.41) is 2.75. The molecule has 1 aromatic rings. The summed E-state index contributed by atoms with van der Waals surface area (Å²) < 4.78 is 5.11. The summed E-state index contributed by atoms with van der Waals surface area (Å²) in [6.07, 6.45) is 1.56. The summed E-state index contributed by atoms with van der Waals surface area (Å²) in [5.41, 5.74) is 5.53. The molecule has 0 bridgehead atoms. The molecule has 1 heterocycles. The van der Waals surface area contributed by atoms with Gasteiger partial charge in [-0.05, 0) is 18.1 Å². The predicted molar refractivity (Wildman–Crippen MR) is 65.7 cm³/mol. The van der Waals surface area contributed by atoms with Crippen LogP contribution in [0.3, 0.4) is 0 Å². The maximum atomic E-state index is 11.8. The van der Waals surface area contributed by atoms with Crippen LogP contribution in [0, 0.1) is 11.8 Å². The minimum atomic E-state index is -0.426. The van der Waals surface area contributed by atoms with Crippen LogP contribution in [0.4, 0.5) is 0 Å². The van der Waals surface area contributed by atoms with E-state index in [9.17, 15) is 4.79 Å². The largest absolute Gasteiger partial charge is 0.467 e. The van der Waals surface area contributed by atoms with Crippen LogP contribution >= 0.6 is 12.2 Å². The SMILES string of the molecule is CC(C)C(C(=O)NCc1ccco1)C(N)=S. The molecule has 1 unspecified atom stereocenters. The Morgan fingerprint density at radius 2 is 2.31 bits per heavy atom. The molecule has 1 amide bonds. The van der Waals surface area contributed by atoms with Crippen LogP contribution in [0.5, 0.6) is 0 Å². The van der Waals surface area contributed by atoms with Crippen LogP contribution < -0.4 is 11.1 Å². The van der Waals surface area contributed by atoms with Gasteiger partial charge in [0, 0.05) is 0 Å². The average Bonchev–Trinajstić information content (AvgIpc) is 2.65. The van der Waals surface area contributed by atoms with Crippen molar-refractivity contribution >= 4 is 23.1 Å². The molecule has 0 saturated heterocycles. The van der Waals surface area contributed by atoms with Crippen LogP contribution in [0.15, 0.2) is 22.8 Å². The molecule has 1 atom stereocenters. The lowest BCUT2D eigenvalue weighted by atomic mass is 9.95. The Hall–Kier alpha value is -1.36. The van der Waals surface area contributed by atoms with Gasteiger partial charge in [-0.25, -0.2) is 0 Å². The van der Waals surface area contributed by atoms with Crippen molar-refractivity contribution in [2.24, 2.45) is 17.6 Å². The summed E-state index contributed by atoms with van der Waals surface area (Å²) in [7, 11) is 0. The predicted octanol–water partition coefficient (Wildman–Crippen LogP) is 1.45. The second kappa shape index (κ2) is 5.65. The van der Waals surface area contributed by atoms with E-state index in [-0.39, 0.29) is 16.8 Å². The summed E-state index contributed by atoms with van der Waals surface area (Å²) in [6.45, 7) is 4.18. The summed E-state index contributed by atoms with van der Waals surface area (Å²) in [5.74, 6) is 0.219. The smallest absolute Gasteiger partial charge is 0.230 e. The fourth-order valence-corrected chi connectivity index (χ4v) is 1.84. The van der Waals surface area contributed by atoms with E-state index in [0.29, 0.717) is 12.3 Å². The van der Waals surface area contributed by atoms with Crippen molar-refractivity contribution in [3.05, 3.63) is 24.2 Å². The second-order valence-electron chi connectivity index (χ2n) is 3.92. The van der Waals surface area contributed by atoms with Gasteiger partial charge in [-0.3, -0.25) is 4.79 Å². The van der Waals surface area contributed by atoms with E-state index in [4.69, 9.17) is 22.4 Å². The zero-order chi connectivity index (χ0) is 12.1. The lowest BCUT2D eigenvalue weighted by molar-refractivity contribution is -0.124. The minimum absolute atomic E-state index is 0.0918. The minimum Gasteiger partial charge on any atom is -0.467 e.